The van der Waals surface area contributed by atoms with E-state index in [1.54, 1.807) is 12.1 Å². The summed E-state index contributed by atoms with van der Waals surface area (Å²) in [7, 11) is 1.32. The maximum atomic E-state index is 11.9. The van der Waals surface area contributed by atoms with E-state index < -0.39 is 12.0 Å². The second kappa shape index (κ2) is 6.04. The molecule has 0 bridgehead atoms. The molecule has 6 heteroatoms. The van der Waals surface area contributed by atoms with Gasteiger partial charge in [-0.2, -0.15) is 0 Å². The fourth-order valence-electron chi connectivity index (χ4n) is 2.03. The molecule has 0 unspecified atom stereocenters. The molecule has 1 saturated heterocycles. The molecule has 1 atom stereocenters. The second-order valence-corrected chi connectivity index (χ2v) is 4.75. The van der Waals surface area contributed by atoms with Crippen LogP contribution < -0.4 is 5.32 Å². The molecule has 1 aliphatic rings. The molecule has 1 N–H and O–H groups in total. The largest absolute Gasteiger partial charge is 0.467 e. The molecule has 0 aliphatic carbocycles. The molecule has 0 radical (unpaired) electrons. The van der Waals surface area contributed by atoms with Crippen LogP contribution in [-0.2, 0) is 20.9 Å². The minimum atomic E-state index is -0.582. The smallest absolute Gasteiger partial charge is 0.329 e. The summed E-state index contributed by atoms with van der Waals surface area (Å²) in [6, 6.07) is 6.62. The van der Waals surface area contributed by atoms with E-state index in [0.717, 1.165) is 5.56 Å². The molecule has 1 aliphatic heterocycles. The Kier molecular flexibility index (Phi) is 4.39. The lowest BCUT2D eigenvalue weighted by molar-refractivity contribution is -0.155. The van der Waals surface area contributed by atoms with E-state index in [1.807, 2.05) is 12.1 Å². The third kappa shape index (κ3) is 3.24. The Balaban J connectivity index is 2.15. The van der Waals surface area contributed by atoms with Gasteiger partial charge in [0.1, 0.15) is 6.04 Å². The molecule has 2 rings (SSSR count). The highest BCUT2D eigenvalue weighted by Gasteiger charge is 2.33. The fraction of sp³-hybridized carbons (Fsp3) is 0.385. The number of amides is 1. The number of methoxy groups -OCH3 is 1. The van der Waals surface area contributed by atoms with E-state index in [2.05, 4.69) is 5.32 Å². The zero-order chi connectivity index (χ0) is 13.8. The minimum absolute atomic E-state index is 0.114. The summed E-state index contributed by atoms with van der Waals surface area (Å²) in [6.45, 7) is 1.02. The van der Waals surface area contributed by atoms with Gasteiger partial charge in [0.25, 0.3) is 0 Å². The van der Waals surface area contributed by atoms with Gasteiger partial charge in [-0.25, -0.2) is 4.79 Å². The van der Waals surface area contributed by atoms with Crippen molar-refractivity contribution in [1.29, 1.82) is 0 Å². The predicted molar refractivity (Wildman–Crippen MR) is 70.7 cm³/mol. The van der Waals surface area contributed by atoms with E-state index in [-0.39, 0.29) is 12.5 Å². The number of ether oxygens (including phenoxy) is 1. The Bertz CT molecular complexity index is 475. The maximum Gasteiger partial charge on any atom is 0.329 e. The monoisotopic (exact) mass is 282 g/mol. The molecule has 5 nitrogen and oxygen atoms in total. The highest BCUT2D eigenvalue weighted by Crippen LogP contribution is 2.15. The minimum Gasteiger partial charge on any atom is -0.467 e. The van der Waals surface area contributed by atoms with Crippen molar-refractivity contribution in [3.8, 4) is 0 Å². The van der Waals surface area contributed by atoms with Crippen LogP contribution in [0.2, 0.25) is 5.02 Å². The summed E-state index contributed by atoms with van der Waals surface area (Å²) >= 11 is 5.82. The van der Waals surface area contributed by atoms with Gasteiger partial charge in [0.15, 0.2) is 0 Å². The quantitative estimate of drug-likeness (QED) is 0.834. The van der Waals surface area contributed by atoms with E-state index in [0.29, 0.717) is 18.1 Å². The fourth-order valence-corrected chi connectivity index (χ4v) is 2.16. The number of nitrogens with one attached hydrogen (secondary N) is 1. The number of hydrogen-bond acceptors (Lipinski definition) is 4. The molecule has 0 saturated carbocycles. The lowest BCUT2D eigenvalue weighted by Gasteiger charge is -2.34. The third-order valence-corrected chi connectivity index (χ3v) is 3.30. The van der Waals surface area contributed by atoms with Crippen LogP contribution in [0, 0.1) is 0 Å². The van der Waals surface area contributed by atoms with Gasteiger partial charge in [0, 0.05) is 18.1 Å². The molecule has 1 heterocycles. The molecule has 0 aromatic heterocycles. The second-order valence-electron chi connectivity index (χ2n) is 4.32. The zero-order valence-electron chi connectivity index (χ0n) is 10.6. The van der Waals surface area contributed by atoms with Gasteiger partial charge in [-0.15, -0.1) is 0 Å². The molecule has 1 aromatic rings. The first kappa shape index (κ1) is 13.8. The Morgan fingerprint density at radius 3 is 2.79 bits per heavy atom. The van der Waals surface area contributed by atoms with E-state index in [9.17, 15) is 9.59 Å². The Morgan fingerprint density at radius 1 is 1.47 bits per heavy atom. The maximum absolute atomic E-state index is 11.9. The van der Waals surface area contributed by atoms with Gasteiger partial charge in [-0.3, -0.25) is 4.79 Å². The van der Waals surface area contributed by atoms with E-state index in [4.69, 9.17) is 16.3 Å². The average Bonchev–Trinajstić information content (AvgIpc) is 2.42. The van der Waals surface area contributed by atoms with Gasteiger partial charge in [0.05, 0.1) is 13.7 Å². The van der Waals surface area contributed by atoms with E-state index >= 15 is 0 Å². The number of piperazine rings is 1. The zero-order valence-corrected chi connectivity index (χ0v) is 11.3. The standard InChI is InChI=1S/C13H15ClN2O3/c1-19-13(18)11-6-15-7-12(17)16(11)8-9-2-4-10(14)5-3-9/h2-5,11,15H,6-8H2,1H3/t11-/m0/s1. The normalized spacial score (nSPS) is 19.4. The molecular weight excluding hydrogens is 268 g/mol. The van der Waals surface area contributed by atoms with Gasteiger partial charge >= 0.3 is 5.97 Å². The lowest BCUT2D eigenvalue weighted by atomic mass is 10.1. The van der Waals surface area contributed by atoms with Crippen LogP contribution in [0.5, 0.6) is 0 Å². The number of nitrogens with zero attached hydrogens (tertiary/aromatic N) is 1. The molecule has 102 valence electrons. The van der Waals surface area contributed by atoms with Crippen molar-refractivity contribution in [2.24, 2.45) is 0 Å². The summed E-state index contributed by atoms with van der Waals surface area (Å²) in [6.07, 6.45) is 0. The first-order valence-electron chi connectivity index (χ1n) is 5.94. The summed E-state index contributed by atoms with van der Waals surface area (Å²) in [4.78, 5) is 25.1. The average molecular weight is 283 g/mol. The van der Waals surface area contributed by atoms with Crippen molar-refractivity contribution in [1.82, 2.24) is 10.2 Å². The number of benzene rings is 1. The van der Waals surface area contributed by atoms with Crippen LogP contribution in [0.1, 0.15) is 5.56 Å². The van der Waals surface area contributed by atoms with Crippen LogP contribution >= 0.6 is 11.6 Å². The van der Waals surface area contributed by atoms with Crippen LogP contribution in [0.15, 0.2) is 24.3 Å². The Hall–Kier alpha value is -1.59. The SMILES string of the molecule is COC(=O)[C@@H]1CNCC(=O)N1Cc1ccc(Cl)cc1. The number of esters is 1. The van der Waals surface area contributed by atoms with Crippen molar-refractivity contribution in [2.45, 2.75) is 12.6 Å². The summed E-state index contributed by atoms with van der Waals surface area (Å²) in [5.74, 6) is -0.522. The third-order valence-electron chi connectivity index (χ3n) is 3.05. The van der Waals surface area contributed by atoms with Gasteiger partial charge in [-0.05, 0) is 17.7 Å². The summed E-state index contributed by atoms with van der Waals surface area (Å²) in [5, 5.41) is 3.55. The van der Waals surface area contributed by atoms with Crippen molar-refractivity contribution >= 4 is 23.5 Å². The molecule has 19 heavy (non-hydrogen) atoms. The topological polar surface area (TPSA) is 58.6 Å². The van der Waals surface area contributed by atoms with Gasteiger partial charge in [0.2, 0.25) is 5.91 Å². The van der Waals surface area contributed by atoms with Crippen LogP contribution in [-0.4, -0.2) is 43.0 Å². The first-order chi connectivity index (χ1) is 9.11. The number of hydrogen-bond donors (Lipinski definition) is 1. The van der Waals surface area contributed by atoms with Crippen molar-refractivity contribution in [3.63, 3.8) is 0 Å². The molecule has 1 aromatic carbocycles. The molecule has 0 spiro atoms. The number of carbonyl (C=O) groups excluding carboxylic acids is 2. The van der Waals surface area contributed by atoms with E-state index in [1.165, 1.54) is 12.0 Å². The highest BCUT2D eigenvalue weighted by atomic mass is 35.5. The van der Waals surface area contributed by atoms with Crippen molar-refractivity contribution < 1.29 is 14.3 Å². The van der Waals surface area contributed by atoms with Gasteiger partial charge < -0.3 is 15.0 Å². The lowest BCUT2D eigenvalue weighted by Crippen LogP contribution is -2.57. The number of carbonyl (C=O) groups is 2. The van der Waals surface area contributed by atoms with Crippen LogP contribution in [0.4, 0.5) is 0 Å². The Labute approximate surface area is 116 Å². The summed E-state index contributed by atoms with van der Waals surface area (Å²) < 4.78 is 4.73. The van der Waals surface area contributed by atoms with Crippen molar-refractivity contribution in [2.75, 3.05) is 20.2 Å². The first-order valence-corrected chi connectivity index (χ1v) is 6.32. The molecule has 1 fully saturated rings. The van der Waals surface area contributed by atoms with Crippen LogP contribution in [0.25, 0.3) is 0 Å². The molecule has 1 amide bonds. The highest BCUT2D eigenvalue weighted by molar-refractivity contribution is 6.30. The predicted octanol–water partition coefficient (Wildman–Crippen LogP) is 0.813. The number of rotatable bonds is 3. The van der Waals surface area contributed by atoms with Gasteiger partial charge in [-0.1, -0.05) is 23.7 Å². The summed E-state index contributed by atoms with van der Waals surface area (Å²) in [5.41, 5.74) is 0.925. The number of halogens is 1. The molecular formula is C13H15ClN2O3. The Morgan fingerprint density at radius 2 is 2.16 bits per heavy atom. The van der Waals surface area contributed by atoms with Crippen molar-refractivity contribution in [3.05, 3.63) is 34.9 Å². The van der Waals surface area contributed by atoms with Crippen LogP contribution in [0.3, 0.4) is 0 Å².